The zero-order valence-electron chi connectivity index (χ0n) is 15.6. The second-order valence-corrected chi connectivity index (χ2v) is 6.43. The average Bonchev–Trinajstić information content (AvgIpc) is 3.03. The molecule has 0 aliphatic rings. The highest BCUT2D eigenvalue weighted by Crippen LogP contribution is 2.34. The summed E-state index contributed by atoms with van der Waals surface area (Å²) in [5.74, 6) is -1.16. The number of esters is 1. The molecule has 2 aromatic carbocycles. The Bertz CT molecular complexity index is 984. The van der Waals surface area contributed by atoms with Gasteiger partial charge < -0.3 is 9.84 Å². The number of aromatic nitrogens is 3. The quantitative estimate of drug-likeness (QED) is 0.674. The summed E-state index contributed by atoms with van der Waals surface area (Å²) in [5, 5.41) is 17.7. The SMILES string of the molecule is CCOC(=O)CC(c1ccc(F)c(CO)c1)c1ccc2c(nnn2C)c1C. The van der Waals surface area contributed by atoms with E-state index >= 15 is 0 Å². The first-order chi connectivity index (χ1) is 13.0. The van der Waals surface area contributed by atoms with Crippen molar-refractivity contribution >= 4 is 17.0 Å². The van der Waals surface area contributed by atoms with Crippen LogP contribution in [0.25, 0.3) is 11.0 Å². The summed E-state index contributed by atoms with van der Waals surface area (Å²) in [6.45, 7) is 3.57. The molecule has 0 saturated heterocycles. The molecule has 0 amide bonds. The Morgan fingerprint density at radius 3 is 2.81 bits per heavy atom. The number of carbonyl (C=O) groups excluding carboxylic acids is 1. The van der Waals surface area contributed by atoms with Gasteiger partial charge in [0.1, 0.15) is 11.3 Å². The van der Waals surface area contributed by atoms with Crippen LogP contribution in [0.5, 0.6) is 0 Å². The van der Waals surface area contributed by atoms with Gasteiger partial charge in [-0.3, -0.25) is 4.79 Å². The van der Waals surface area contributed by atoms with Crippen molar-refractivity contribution in [3.8, 4) is 0 Å². The molecule has 1 atom stereocenters. The number of nitrogens with zero attached hydrogens (tertiary/aromatic N) is 3. The first-order valence-corrected chi connectivity index (χ1v) is 8.80. The zero-order chi connectivity index (χ0) is 19.6. The van der Waals surface area contributed by atoms with Gasteiger partial charge in [0.25, 0.3) is 0 Å². The summed E-state index contributed by atoms with van der Waals surface area (Å²) >= 11 is 0. The van der Waals surface area contributed by atoms with Gasteiger partial charge in [-0.15, -0.1) is 5.10 Å². The van der Waals surface area contributed by atoms with Crippen molar-refractivity contribution in [1.82, 2.24) is 15.0 Å². The number of ether oxygens (including phenoxy) is 1. The first-order valence-electron chi connectivity index (χ1n) is 8.80. The summed E-state index contributed by atoms with van der Waals surface area (Å²) in [5.41, 5.74) is 4.38. The monoisotopic (exact) mass is 371 g/mol. The van der Waals surface area contributed by atoms with E-state index in [1.807, 2.05) is 26.1 Å². The van der Waals surface area contributed by atoms with E-state index in [4.69, 9.17) is 4.74 Å². The second-order valence-electron chi connectivity index (χ2n) is 6.43. The Morgan fingerprint density at radius 1 is 1.33 bits per heavy atom. The fraction of sp³-hybridized carbons (Fsp3) is 0.350. The van der Waals surface area contributed by atoms with Gasteiger partial charge in [-0.1, -0.05) is 17.3 Å². The van der Waals surface area contributed by atoms with Crippen molar-refractivity contribution in [3.63, 3.8) is 0 Å². The number of aliphatic hydroxyl groups excluding tert-OH is 1. The third kappa shape index (κ3) is 3.68. The number of aliphatic hydroxyl groups is 1. The molecule has 0 bridgehead atoms. The minimum atomic E-state index is -0.475. The normalized spacial score (nSPS) is 12.3. The van der Waals surface area contributed by atoms with Crippen LogP contribution in [0.15, 0.2) is 30.3 Å². The maximum atomic E-state index is 13.8. The van der Waals surface area contributed by atoms with Crippen LogP contribution in [0.3, 0.4) is 0 Å². The highest BCUT2D eigenvalue weighted by atomic mass is 19.1. The molecule has 0 aliphatic carbocycles. The van der Waals surface area contributed by atoms with Crippen molar-refractivity contribution in [3.05, 3.63) is 58.4 Å². The molecule has 1 N–H and O–H groups in total. The lowest BCUT2D eigenvalue weighted by atomic mass is 9.85. The van der Waals surface area contributed by atoms with E-state index in [2.05, 4.69) is 10.3 Å². The molecule has 0 aliphatic heterocycles. The molecule has 0 radical (unpaired) electrons. The maximum absolute atomic E-state index is 13.8. The average molecular weight is 371 g/mol. The van der Waals surface area contributed by atoms with Crippen LogP contribution in [-0.4, -0.2) is 32.7 Å². The van der Waals surface area contributed by atoms with Crippen molar-refractivity contribution in [2.75, 3.05) is 6.61 Å². The van der Waals surface area contributed by atoms with Crippen LogP contribution in [0, 0.1) is 12.7 Å². The Kier molecular flexibility index (Phi) is 5.51. The largest absolute Gasteiger partial charge is 0.466 e. The number of carbonyl (C=O) groups is 1. The van der Waals surface area contributed by atoms with Crippen LogP contribution >= 0.6 is 0 Å². The molecule has 1 aromatic heterocycles. The van der Waals surface area contributed by atoms with E-state index in [-0.39, 0.29) is 23.9 Å². The topological polar surface area (TPSA) is 77.2 Å². The van der Waals surface area contributed by atoms with Crippen molar-refractivity contribution in [2.45, 2.75) is 32.8 Å². The molecular weight excluding hydrogens is 349 g/mol. The lowest BCUT2D eigenvalue weighted by molar-refractivity contribution is -0.143. The van der Waals surface area contributed by atoms with Gasteiger partial charge in [-0.25, -0.2) is 9.07 Å². The predicted molar refractivity (Wildman–Crippen MR) is 98.7 cm³/mol. The lowest BCUT2D eigenvalue weighted by Crippen LogP contribution is -2.13. The fourth-order valence-corrected chi connectivity index (χ4v) is 3.35. The van der Waals surface area contributed by atoms with Crippen LogP contribution < -0.4 is 0 Å². The smallest absolute Gasteiger partial charge is 0.306 e. The van der Waals surface area contributed by atoms with E-state index in [0.29, 0.717) is 6.61 Å². The molecule has 3 rings (SSSR count). The number of hydrogen-bond donors (Lipinski definition) is 1. The van der Waals surface area contributed by atoms with E-state index in [9.17, 15) is 14.3 Å². The van der Waals surface area contributed by atoms with Gasteiger partial charge in [0.15, 0.2) is 0 Å². The number of aryl methyl sites for hydroxylation is 2. The van der Waals surface area contributed by atoms with Crippen LogP contribution in [0.1, 0.15) is 41.5 Å². The van der Waals surface area contributed by atoms with Crippen LogP contribution in [-0.2, 0) is 23.2 Å². The minimum Gasteiger partial charge on any atom is -0.466 e. The van der Waals surface area contributed by atoms with E-state index in [0.717, 1.165) is 27.7 Å². The van der Waals surface area contributed by atoms with Crippen molar-refractivity contribution < 1.29 is 19.0 Å². The lowest BCUT2D eigenvalue weighted by Gasteiger charge is -2.20. The van der Waals surface area contributed by atoms with Gasteiger partial charge in [0.2, 0.25) is 0 Å². The molecule has 0 fully saturated rings. The fourth-order valence-electron chi connectivity index (χ4n) is 3.35. The number of hydrogen-bond acceptors (Lipinski definition) is 5. The zero-order valence-corrected chi connectivity index (χ0v) is 15.6. The summed E-state index contributed by atoms with van der Waals surface area (Å²) in [7, 11) is 1.82. The van der Waals surface area contributed by atoms with E-state index in [1.54, 1.807) is 23.7 Å². The molecule has 1 unspecified atom stereocenters. The summed E-state index contributed by atoms with van der Waals surface area (Å²) in [6.07, 6.45) is 0.108. The Balaban J connectivity index is 2.12. The number of benzene rings is 2. The Morgan fingerprint density at radius 2 is 2.11 bits per heavy atom. The summed E-state index contributed by atoms with van der Waals surface area (Å²) in [6, 6.07) is 8.40. The molecule has 6 nitrogen and oxygen atoms in total. The third-order valence-electron chi connectivity index (χ3n) is 4.77. The molecule has 3 aromatic rings. The Labute approximate surface area is 156 Å². The van der Waals surface area contributed by atoms with Crippen molar-refractivity contribution in [1.29, 1.82) is 0 Å². The van der Waals surface area contributed by atoms with Gasteiger partial charge in [0, 0.05) is 18.5 Å². The summed E-state index contributed by atoms with van der Waals surface area (Å²) in [4.78, 5) is 12.2. The molecule has 7 heteroatoms. The van der Waals surface area contributed by atoms with Gasteiger partial charge in [-0.05, 0) is 48.7 Å². The molecule has 0 saturated carbocycles. The maximum Gasteiger partial charge on any atom is 0.306 e. The van der Waals surface area contributed by atoms with Gasteiger partial charge in [-0.2, -0.15) is 0 Å². The second kappa shape index (κ2) is 7.84. The first kappa shape index (κ1) is 19.0. The van der Waals surface area contributed by atoms with Gasteiger partial charge >= 0.3 is 5.97 Å². The van der Waals surface area contributed by atoms with Crippen molar-refractivity contribution in [2.24, 2.45) is 7.05 Å². The predicted octanol–water partition coefficient (Wildman–Crippen LogP) is 2.99. The Hall–Kier alpha value is -2.80. The van der Waals surface area contributed by atoms with Crippen LogP contribution in [0.2, 0.25) is 0 Å². The minimum absolute atomic E-state index is 0.108. The number of fused-ring (bicyclic) bond motifs is 1. The third-order valence-corrected chi connectivity index (χ3v) is 4.77. The van der Waals surface area contributed by atoms with E-state index in [1.165, 1.54) is 6.07 Å². The highest BCUT2D eigenvalue weighted by Gasteiger charge is 2.23. The number of rotatable bonds is 6. The molecular formula is C20H22FN3O3. The van der Waals surface area contributed by atoms with E-state index < -0.39 is 12.4 Å². The molecule has 0 spiro atoms. The molecule has 27 heavy (non-hydrogen) atoms. The molecule has 142 valence electrons. The number of halogens is 1. The summed E-state index contributed by atoms with van der Waals surface area (Å²) < 4.78 is 20.7. The molecule has 1 heterocycles. The van der Waals surface area contributed by atoms with Gasteiger partial charge in [0.05, 0.1) is 25.2 Å². The van der Waals surface area contributed by atoms with Crippen LogP contribution in [0.4, 0.5) is 4.39 Å². The standard InChI is InChI=1S/C20H22FN3O3/c1-4-27-19(26)10-16(13-5-7-17(21)14(9-13)11-25)15-6-8-18-20(12(15)2)22-23-24(18)3/h5-9,16,25H,4,10-11H2,1-3H3. The highest BCUT2D eigenvalue weighted by molar-refractivity contribution is 5.80.